The molecule has 0 aromatic heterocycles. The molecule has 2 rings (SSSR count). The van der Waals surface area contributed by atoms with Crippen molar-refractivity contribution in [3.8, 4) is 0 Å². The van der Waals surface area contributed by atoms with Gasteiger partial charge in [0.2, 0.25) is 11.8 Å². The highest BCUT2D eigenvalue weighted by Crippen LogP contribution is 2.28. The zero-order valence-corrected chi connectivity index (χ0v) is 20.1. The van der Waals surface area contributed by atoms with Gasteiger partial charge in [0.25, 0.3) is 0 Å². The maximum Gasteiger partial charge on any atom is 0.407 e. The number of halogens is 1. The van der Waals surface area contributed by atoms with Crippen molar-refractivity contribution in [2.45, 2.75) is 58.0 Å². The number of amides is 3. The Hall–Kier alpha value is -3.42. The Labute approximate surface area is 200 Å². The van der Waals surface area contributed by atoms with Gasteiger partial charge in [-0.1, -0.05) is 56.2 Å². The molecular weight excluding hydrogens is 437 g/mol. The Balaban J connectivity index is 2.61. The van der Waals surface area contributed by atoms with Crippen LogP contribution in [0, 0.1) is 5.82 Å². The minimum absolute atomic E-state index is 0.0228. The van der Waals surface area contributed by atoms with Gasteiger partial charge in [-0.3, -0.25) is 14.5 Å². The largest absolute Gasteiger partial charge is 0.453 e. The molecular formula is C26H34FN3O4. The summed E-state index contributed by atoms with van der Waals surface area (Å²) in [7, 11) is 1.18. The molecule has 1 fully saturated rings. The lowest BCUT2D eigenvalue weighted by atomic mass is 9.93. The molecule has 0 saturated heterocycles. The Morgan fingerprint density at radius 1 is 1.24 bits per heavy atom. The highest BCUT2D eigenvalue weighted by molar-refractivity contribution is 6.04. The van der Waals surface area contributed by atoms with Gasteiger partial charge in [0.15, 0.2) is 0 Å². The molecule has 1 aliphatic carbocycles. The van der Waals surface area contributed by atoms with E-state index in [1.165, 1.54) is 25.3 Å². The van der Waals surface area contributed by atoms with E-state index in [1.807, 2.05) is 0 Å². The third-order valence-corrected chi connectivity index (χ3v) is 5.81. The molecule has 1 aliphatic rings. The summed E-state index contributed by atoms with van der Waals surface area (Å²) in [6.45, 7) is 6.90. The fraction of sp³-hybridized carbons (Fsp3) is 0.423. The van der Waals surface area contributed by atoms with Gasteiger partial charge >= 0.3 is 6.09 Å². The minimum Gasteiger partial charge on any atom is -0.453 e. The third-order valence-electron chi connectivity index (χ3n) is 5.81. The average Bonchev–Trinajstić information content (AvgIpc) is 2.85. The normalized spacial score (nSPS) is 15.8. The van der Waals surface area contributed by atoms with Crippen LogP contribution in [0.2, 0.25) is 0 Å². The number of allylic oxidation sites excluding steroid dienone is 3. The van der Waals surface area contributed by atoms with Gasteiger partial charge in [0.05, 0.1) is 12.8 Å². The van der Waals surface area contributed by atoms with Crippen molar-refractivity contribution in [2.24, 2.45) is 0 Å². The molecule has 0 spiro atoms. The highest BCUT2D eigenvalue weighted by Gasteiger charge is 2.36. The van der Waals surface area contributed by atoms with E-state index >= 15 is 0 Å². The first-order valence-corrected chi connectivity index (χ1v) is 11.5. The Bertz CT molecular complexity index is 951. The smallest absolute Gasteiger partial charge is 0.407 e. The van der Waals surface area contributed by atoms with E-state index < -0.39 is 36.3 Å². The lowest BCUT2D eigenvalue weighted by Gasteiger charge is -2.34. The molecule has 1 atom stereocenters. The predicted molar refractivity (Wildman–Crippen MR) is 131 cm³/mol. The number of benzene rings is 1. The number of hydrogen-bond donors (Lipinski definition) is 2. The Kier molecular flexibility index (Phi) is 10.5. The third kappa shape index (κ3) is 7.04. The van der Waals surface area contributed by atoms with Crippen LogP contribution in [0.4, 0.5) is 14.9 Å². The standard InChI is InChI=1S/C26H34FN3O4/c1-5-12-20(18(3)6-2)24(25(32)29-19-13-8-7-9-14-19)30(22-16-11-10-15-21(22)27)23(31)17-28-26(33)34-4/h5-6,10-12,15-16,19,24H,2,7-9,13-14,17H2,1,3-4H3,(H,28,33)(H,29,32)/b12-5-,20-18+. The fourth-order valence-electron chi connectivity index (χ4n) is 4.03. The van der Waals surface area contributed by atoms with Crippen LogP contribution >= 0.6 is 0 Å². The van der Waals surface area contributed by atoms with Crippen molar-refractivity contribution in [3.05, 3.63) is 66.0 Å². The first kappa shape index (κ1) is 26.8. The molecule has 1 unspecified atom stereocenters. The van der Waals surface area contributed by atoms with Crippen molar-refractivity contribution >= 4 is 23.6 Å². The van der Waals surface area contributed by atoms with Gasteiger partial charge in [-0.25, -0.2) is 9.18 Å². The SMILES string of the molecule is C=C/C(C)=C(\C=C/C)C(C(=O)NC1CCCCC1)N(C(=O)CNC(=O)OC)c1ccccc1F. The zero-order chi connectivity index (χ0) is 25.1. The second-order valence-corrected chi connectivity index (χ2v) is 8.15. The van der Waals surface area contributed by atoms with E-state index in [9.17, 15) is 18.8 Å². The molecule has 0 radical (unpaired) electrons. The lowest BCUT2D eigenvalue weighted by Crippen LogP contribution is -2.55. The van der Waals surface area contributed by atoms with Crippen molar-refractivity contribution in [2.75, 3.05) is 18.6 Å². The number of carbonyl (C=O) groups excluding carboxylic acids is 3. The summed E-state index contributed by atoms with van der Waals surface area (Å²) in [5, 5.41) is 5.40. The summed E-state index contributed by atoms with van der Waals surface area (Å²) in [5.74, 6) is -1.76. The van der Waals surface area contributed by atoms with Crippen LogP contribution in [0.5, 0.6) is 0 Å². The molecule has 1 saturated carbocycles. The molecule has 0 aliphatic heterocycles. The summed E-state index contributed by atoms with van der Waals surface area (Å²) in [5.41, 5.74) is 1.10. The average molecular weight is 472 g/mol. The van der Waals surface area contributed by atoms with E-state index in [4.69, 9.17) is 0 Å². The van der Waals surface area contributed by atoms with Crippen molar-refractivity contribution < 1.29 is 23.5 Å². The van der Waals surface area contributed by atoms with E-state index in [-0.39, 0.29) is 11.7 Å². The molecule has 1 aromatic rings. The van der Waals surface area contributed by atoms with E-state index in [2.05, 4.69) is 21.9 Å². The Morgan fingerprint density at radius 2 is 1.91 bits per heavy atom. The maximum atomic E-state index is 15.0. The number of nitrogens with zero attached hydrogens (tertiary/aromatic N) is 1. The topological polar surface area (TPSA) is 87.7 Å². The molecule has 0 heterocycles. The number of ether oxygens (including phenoxy) is 1. The molecule has 0 bridgehead atoms. The number of rotatable bonds is 9. The Morgan fingerprint density at radius 3 is 2.50 bits per heavy atom. The quantitative estimate of drug-likeness (QED) is 0.522. The van der Waals surface area contributed by atoms with Gasteiger partial charge in [-0.2, -0.15) is 0 Å². The monoisotopic (exact) mass is 471 g/mol. The molecule has 34 heavy (non-hydrogen) atoms. The van der Waals surface area contributed by atoms with Crippen molar-refractivity contribution in [1.29, 1.82) is 0 Å². The van der Waals surface area contributed by atoms with Crippen molar-refractivity contribution in [1.82, 2.24) is 10.6 Å². The number of alkyl carbamates (subject to hydrolysis) is 1. The molecule has 2 N–H and O–H groups in total. The summed E-state index contributed by atoms with van der Waals surface area (Å²) in [4.78, 5) is 39.9. The number of nitrogens with one attached hydrogen (secondary N) is 2. The number of anilines is 1. The summed E-state index contributed by atoms with van der Waals surface area (Å²) < 4.78 is 19.5. The summed E-state index contributed by atoms with van der Waals surface area (Å²) in [6, 6.07) is 4.54. The second-order valence-electron chi connectivity index (χ2n) is 8.15. The molecule has 7 nitrogen and oxygen atoms in total. The van der Waals surface area contributed by atoms with Crippen molar-refractivity contribution in [3.63, 3.8) is 0 Å². The first-order chi connectivity index (χ1) is 16.3. The molecule has 1 aromatic carbocycles. The number of hydrogen-bond acceptors (Lipinski definition) is 4. The predicted octanol–water partition coefficient (Wildman–Crippen LogP) is 4.41. The summed E-state index contributed by atoms with van der Waals surface area (Å²) in [6.07, 6.45) is 9.09. The van der Waals surface area contributed by atoms with E-state index in [0.717, 1.165) is 37.0 Å². The molecule has 3 amide bonds. The van der Waals surface area contributed by atoms with Crippen LogP contribution in [0.3, 0.4) is 0 Å². The van der Waals surface area contributed by atoms with Gasteiger partial charge in [0, 0.05) is 6.04 Å². The van der Waals surface area contributed by atoms with E-state index in [0.29, 0.717) is 11.1 Å². The number of methoxy groups -OCH3 is 1. The van der Waals surface area contributed by atoms with Crippen LogP contribution in [0.1, 0.15) is 46.0 Å². The second kappa shape index (κ2) is 13.3. The van der Waals surface area contributed by atoms with Gasteiger partial charge in [0.1, 0.15) is 18.4 Å². The van der Waals surface area contributed by atoms with Crippen LogP contribution in [-0.2, 0) is 14.3 Å². The maximum absolute atomic E-state index is 15.0. The van der Waals surface area contributed by atoms with Gasteiger partial charge in [-0.15, -0.1) is 0 Å². The lowest BCUT2D eigenvalue weighted by molar-refractivity contribution is -0.126. The van der Waals surface area contributed by atoms with Gasteiger partial charge in [-0.05, 0) is 50.0 Å². The van der Waals surface area contributed by atoms with Gasteiger partial charge < -0.3 is 15.4 Å². The van der Waals surface area contributed by atoms with Crippen LogP contribution in [0.25, 0.3) is 0 Å². The minimum atomic E-state index is -1.18. The molecule has 8 heteroatoms. The number of carbonyl (C=O) groups is 3. The van der Waals surface area contributed by atoms with E-state index in [1.54, 1.807) is 38.1 Å². The zero-order valence-electron chi connectivity index (χ0n) is 20.1. The molecule has 184 valence electrons. The summed E-state index contributed by atoms with van der Waals surface area (Å²) >= 11 is 0. The van der Waals surface area contributed by atoms with Crippen LogP contribution < -0.4 is 15.5 Å². The van der Waals surface area contributed by atoms with Crippen LogP contribution in [-0.4, -0.2) is 43.6 Å². The number of para-hydroxylation sites is 1. The highest BCUT2D eigenvalue weighted by atomic mass is 19.1. The fourth-order valence-corrected chi connectivity index (χ4v) is 4.03. The van der Waals surface area contributed by atoms with Crippen LogP contribution in [0.15, 0.2) is 60.2 Å². The first-order valence-electron chi connectivity index (χ1n) is 11.5.